The van der Waals surface area contributed by atoms with Gasteiger partial charge in [0.05, 0.1) is 14.2 Å². The predicted octanol–water partition coefficient (Wildman–Crippen LogP) is 4.19. The van der Waals surface area contributed by atoms with Gasteiger partial charge in [0.1, 0.15) is 17.1 Å². The number of carbonyl (C=O) groups is 2. The van der Waals surface area contributed by atoms with Gasteiger partial charge in [0.25, 0.3) is 5.91 Å². The molecular formula is C22H27NO5. The highest BCUT2D eigenvalue weighted by atomic mass is 16.5. The Morgan fingerprint density at radius 1 is 0.964 bits per heavy atom. The van der Waals surface area contributed by atoms with Gasteiger partial charge in [-0.25, -0.2) is 4.79 Å². The molecule has 1 unspecified atom stereocenters. The van der Waals surface area contributed by atoms with E-state index in [1.54, 1.807) is 12.1 Å². The minimum Gasteiger partial charge on any atom is -0.497 e. The molecule has 0 spiro atoms. The normalized spacial score (nSPS) is 12.1. The number of ether oxygens (including phenoxy) is 3. The van der Waals surface area contributed by atoms with Gasteiger partial charge in [0.2, 0.25) is 0 Å². The number of rotatable bonds is 6. The molecule has 1 amide bonds. The van der Waals surface area contributed by atoms with Gasteiger partial charge in [0, 0.05) is 5.69 Å². The molecule has 1 atom stereocenters. The minimum atomic E-state index is -0.981. The molecule has 2 aromatic carbocycles. The molecule has 0 radical (unpaired) electrons. The van der Waals surface area contributed by atoms with E-state index >= 15 is 0 Å². The molecule has 0 saturated carbocycles. The van der Waals surface area contributed by atoms with Crippen LogP contribution in [-0.2, 0) is 14.9 Å². The number of amides is 1. The smallest absolute Gasteiger partial charge is 0.342 e. The van der Waals surface area contributed by atoms with E-state index < -0.39 is 18.0 Å². The van der Waals surface area contributed by atoms with E-state index in [-0.39, 0.29) is 11.0 Å². The highest BCUT2D eigenvalue weighted by Crippen LogP contribution is 2.26. The second kappa shape index (κ2) is 8.78. The SMILES string of the molecule is COc1ccc(OC)c(C(=O)OC(C)C(=O)Nc2ccc(C(C)(C)C)cc2)c1. The van der Waals surface area contributed by atoms with Crippen molar-refractivity contribution >= 4 is 17.6 Å². The molecule has 0 saturated heterocycles. The lowest BCUT2D eigenvalue weighted by molar-refractivity contribution is -0.123. The third-order valence-corrected chi connectivity index (χ3v) is 4.30. The van der Waals surface area contributed by atoms with E-state index in [1.807, 2.05) is 24.3 Å². The fourth-order valence-electron chi connectivity index (χ4n) is 2.55. The maximum Gasteiger partial charge on any atom is 0.342 e. The van der Waals surface area contributed by atoms with Crippen molar-refractivity contribution in [2.45, 2.75) is 39.2 Å². The summed E-state index contributed by atoms with van der Waals surface area (Å²) in [5, 5.41) is 2.76. The Balaban J connectivity index is 2.05. The molecule has 0 aliphatic carbocycles. The van der Waals surface area contributed by atoms with Crippen LogP contribution in [0.15, 0.2) is 42.5 Å². The average molecular weight is 385 g/mol. The molecule has 1 N–H and O–H groups in total. The number of nitrogens with one attached hydrogen (secondary N) is 1. The van der Waals surface area contributed by atoms with Crippen molar-refractivity contribution in [3.8, 4) is 11.5 Å². The molecule has 0 fully saturated rings. The molecule has 2 rings (SSSR count). The molecule has 0 aliphatic heterocycles. The topological polar surface area (TPSA) is 73.9 Å². The van der Waals surface area contributed by atoms with Gasteiger partial charge in [-0.3, -0.25) is 4.79 Å². The van der Waals surface area contributed by atoms with Crippen LogP contribution in [0.3, 0.4) is 0 Å². The van der Waals surface area contributed by atoms with Crippen LogP contribution in [0, 0.1) is 0 Å². The highest BCUT2D eigenvalue weighted by Gasteiger charge is 2.22. The van der Waals surface area contributed by atoms with E-state index in [1.165, 1.54) is 27.2 Å². The second-order valence-corrected chi connectivity index (χ2v) is 7.43. The van der Waals surface area contributed by atoms with E-state index in [9.17, 15) is 9.59 Å². The summed E-state index contributed by atoms with van der Waals surface area (Å²) < 4.78 is 15.6. The van der Waals surface area contributed by atoms with Gasteiger partial charge >= 0.3 is 5.97 Å². The van der Waals surface area contributed by atoms with Gasteiger partial charge in [-0.15, -0.1) is 0 Å². The summed E-state index contributed by atoms with van der Waals surface area (Å²) in [7, 11) is 2.95. The molecule has 0 heterocycles. The zero-order valence-corrected chi connectivity index (χ0v) is 17.2. The van der Waals surface area contributed by atoms with Crippen LogP contribution in [0.1, 0.15) is 43.6 Å². The van der Waals surface area contributed by atoms with Gasteiger partial charge < -0.3 is 19.5 Å². The monoisotopic (exact) mass is 385 g/mol. The van der Waals surface area contributed by atoms with Crippen molar-refractivity contribution < 1.29 is 23.8 Å². The molecule has 6 heteroatoms. The molecule has 28 heavy (non-hydrogen) atoms. The molecule has 6 nitrogen and oxygen atoms in total. The van der Waals surface area contributed by atoms with Crippen LogP contribution in [0.4, 0.5) is 5.69 Å². The predicted molar refractivity (Wildman–Crippen MR) is 108 cm³/mol. The number of esters is 1. The number of hydrogen-bond acceptors (Lipinski definition) is 5. The van der Waals surface area contributed by atoms with Crippen molar-refractivity contribution in [2.75, 3.05) is 19.5 Å². The van der Waals surface area contributed by atoms with Crippen molar-refractivity contribution in [3.05, 3.63) is 53.6 Å². The van der Waals surface area contributed by atoms with Crippen LogP contribution < -0.4 is 14.8 Å². The van der Waals surface area contributed by atoms with E-state index in [0.29, 0.717) is 17.2 Å². The summed E-state index contributed by atoms with van der Waals surface area (Å²) in [6, 6.07) is 12.4. The lowest BCUT2D eigenvalue weighted by Crippen LogP contribution is -2.30. The Morgan fingerprint density at radius 2 is 1.61 bits per heavy atom. The quantitative estimate of drug-likeness (QED) is 0.755. The van der Waals surface area contributed by atoms with Gasteiger partial charge in [-0.2, -0.15) is 0 Å². The van der Waals surface area contributed by atoms with E-state index in [4.69, 9.17) is 14.2 Å². The van der Waals surface area contributed by atoms with E-state index in [2.05, 4.69) is 26.1 Å². The number of anilines is 1. The van der Waals surface area contributed by atoms with Crippen LogP contribution >= 0.6 is 0 Å². The van der Waals surface area contributed by atoms with Gasteiger partial charge in [-0.1, -0.05) is 32.9 Å². The molecular weight excluding hydrogens is 358 g/mol. The lowest BCUT2D eigenvalue weighted by atomic mass is 9.87. The van der Waals surface area contributed by atoms with Crippen LogP contribution in [0.2, 0.25) is 0 Å². The number of benzene rings is 2. The first-order chi connectivity index (χ1) is 13.2. The number of carbonyl (C=O) groups excluding carboxylic acids is 2. The van der Waals surface area contributed by atoms with Crippen LogP contribution in [0.5, 0.6) is 11.5 Å². The maximum atomic E-state index is 12.5. The van der Waals surface area contributed by atoms with Crippen molar-refractivity contribution in [2.24, 2.45) is 0 Å². The average Bonchev–Trinajstić information content (AvgIpc) is 2.66. The van der Waals surface area contributed by atoms with Crippen molar-refractivity contribution in [3.63, 3.8) is 0 Å². The Labute approximate surface area is 165 Å². The van der Waals surface area contributed by atoms with Crippen LogP contribution in [-0.4, -0.2) is 32.2 Å². The molecule has 0 aromatic heterocycles. The molecule has 2 aromatic rings. The van der Waals surface area contributed by atoms with Crippen molar-refractivity contribution in [1.29, 1.82) is 0 Å². The maximum absolute atomic E-state index is 12.5. The zero-order valence-electron chi connectivity index (χ0n) is 17.2. The number of methoxy groups -OCH3 is 2. The Morgan fingerprint density at radius 3 is 2.14 bits per heavy atom. The summed E-state index contributed by atoms with van der Waals surface area (Å²) in [5.41, 5.74) is 2.02. The highest BCUT2D eigenvalue weighted by molar-refractivity contribution is 5.98. The summed E-state index contributed by atoms with van der Waals surface area (Å²) in [6.07, 6.45) is -0.981. The summed E-state index contributed by atoms with van der Waals surface area (Å²) >= 11 is 0. The third kappa shape index (κ3) is 5.25. The first-order valence-electron chi connectivity index (χ1n) is 9.00. The summed E-state index contributed by atoms with van der Waals surface area (Å²) in [4.78, 5) is 24.9. The first-order valence-corrected chi connectivity index (χ1v) is 9.00. The van der Waals surface area contributed by atoms with Gasteiger partial charge in [0.15, 0.2) is 6.10 Å². The van der Waals surface area contributed by atoms with E-state index in [0.717, 1.165) is 5.56 Å². The third-order valence-electron chi connectivity index (χ3n) is 4.30. The zero-order chi connectivity index (χ0) is 20.9. The first kappa shape index (κ1) is 21.3. The molecule has 0 aliphatic rings. The molecule has 150 valence electrons. The van der Waals surface area contributed by atoms with Crippen molar-refractivity contribution in [1.82, 2.24) is 0 Å². The Bertz CT molecular complexity index is 837. The summed E-state index contributed by atoms with van der Waals surface area (Å²) in [6.45, 7) is 7.88. The fourth-order valence-corrected chi connectivity index (χ4v) is 2.55. The Hall–Kier alpha value is -3.02. The number of hydrogen-bond donors (Lipinski definition) is 1. The Kier molecular flexibility index (Phi) is 6.67. The standard InChI is InChI=1S/C22H27NO5/c1-14(20(24)23-16-9-7-15(8-10-16)22(2,3)4)28-21(25)18-13-17(26-5)11-12-19(18)27-6/h7-14H,1-6H3,(H,23,24). The lowest BCUT2D eigenvalue weighted by Gasteiger charge is -2.19. The minimum absolute atomic E-state index is 0.0289. The van der Waals surface area contributed by atoms with Crippen LogP contribution in [0.25, 0.3) is 0 Å². The summed E-state index contributed by atoms with van der Waals surface area (Å²) in [5.74, 6) is -0.250. The largest absolute Gasteiger partial charge is 0.497 e. The fraction of sp³-hybridized carbons (Fsp3) is 0.364. The molecule has 0 bridgehead atoms. The second-order valence-electron chi connectivity index (χ2n) is 7.43. The van der Waals surface area contributed by atoms with Gasteiger partial charge in [-0.05, 0) is 48.2 Å².